The Morgan fingerprint density at radius 3 is 1.32 bits per heavy atom. The zero-order chi connectivity index (χ0) is 32.5. The highest BCUT2D eigenvalue weighted by atomic mass is 16.5. The molecule has 0 aromatic heterocycles. The van der Waals surface area contributed by atoms with E-state index in [9.17, 15) is 10.2 Å². The minimum Gasteiger partial charge on any atom is -0.393 e. The quantitative estimate of drug-likeness (QED) is 0.216. The smallest absolute Gasteiger partial charge is 0.0982 e. The van der Waals surface area contributed by atoms with Crippen LogP contribution in [0.2, 0.25) is 0 Å². The lowest BCUT2D eigenvalue weighted by atomic mass is 9.65. The van der Waals surface area contributed by atoms with Crippen molar-refractivity contribution < 1.29 is 19.7 Å². The van der Waals surface area contributed by atoms with Crippen LogP contribution in [0, 0.1) is 10.8 Å². The van der Waals surface area contributed by atoms with Gasteiger partial charge in [0, 0.05) is 12.8 Å². The molecule has 0 saturated heterocycles. The Morgan fingerprint density at radius 2 is 0.955 bits per heavy atom. The van der Waals surface area contributed by atoms with Gasteiger partial charge in [-0.25, -0.2) is 0 Å². The maximum atomic E-state index is 10.4. The van der Waals surface area contributed by atoms with E-state index in [1.807, 2.05) is 0 Å². The van der Waals surface area contributed by atoms with E-state index in [0.717, 1.165) is 24.0 Å². The molecule has 4 heteroatoms. The van der Waals surface area contributed by atoms with Gasteiger partial charge in [-0.1, -0.05) is 99.6 Å². The van der Waals surface area contributed by atoms with Gasteiger partial charge in [0.2, 0.25) is 0 Å². The topological polar surface area (TPSA) is 58.9 Å². The number of aliphatic hydroxyl groups excluding tert-OH is 2. The van der Waals surface area contributed by atoms with E-state index in [2.05, 4.69) is 142 Å². The van der Waals surface area contributed by atoms with Gasteiger partial charge in [-0.3, -0.25) is 0 Å². The molecular formula is C40H56O4. The summed E-state index contributed by atoms with van der Waals surface area (Å²) in [6.45, 7) is 21.5. The van der Waals surface area contributed by atoms with Crippen molar-refractivity contribution in [3.8, 4) is 0 Å². The molecule has 2 fully saturated rings. The second kappa shape index (κ2) is 13.1. The summed E-state index contributed by atoms with van der Waals surface area (Å²) in [5, 5.41) is 20.8. The Kier molecular flexibility index (Phi) is 10.2. The standard InChI is InChI=1S/C40H56O4/c1-27(17-13-19-29(3)33-21-35-37(5,6)23-31(41)25-39(35,9)43-33)15-11-12-16-28(2)18-14-20-30(4)34-22-36-38(7,8)24-32(42)26-40(36,10)44-34/h11-22,31-34,41-42H,23-26H2,1-10H3/b12-11+,17-13+,18-14+,27-15+,28-16+,29-19+,30-20+/t31-,32-,33-,34-,39-,40-/m1/s1. The maximum absolute atomic E-state index is 10.4. The predicted molar refractivity (Wildman–Crippen MR) is 183 cm³/mol. The lowest BCUT2D eigenvalue weighted by Crippen LogP contribution is -2.45. The molecule has 4 aliphatic rings. The Morgan fingerprint density at radius 1 is 0.591 bits per heavy atom. The van der Waals surface area contributed by atoms with E-state index in [1.54, 1.807) is 0 Å². The molecule has 6 atom stereocenters. The Bertz CT molecular complexity index is 1270. The van der Waals surface area contributed by atoms with Gasteiger partial charge in [-0.2, -0.15) is 0 Å². The average Bonchev–Trinajstić information content (AvgIpc) is 3.43. The van der Waals surface area contributed by atoms with Crippen molar-refractivity contribution in [2.45, 2.75) is 131 Å². The normalized spacial score (nSPS) is 36.3. The Hall–Kier alpha value is -2.50. The van der Waals surface area contributed by atoms with Crippen molar-refractivity contribution in [3.05, 3.63) is 106 Å². The van der Waals surface area contributed by atoms with Crippen LogP contribution in [0.4, 0.5) is 0 Å². The molecule has 4 rings (SSSR count). The van der Waals surface area contributed by atoms with Gasteiger partial charge >= 0.3 is 0 Å². The SMILES string of the molecule is CC(/C=C/C=C(\C)[C@H]1C=C2C(C)(C)C[C@@H](O)C[C@@]2(C)O1)=C\C=C\C=C(C)\C=C\C=C(/C)[C@H]1C=C2C(C)(C)C[C@@H](O)C[C@@]2(C)O1. The molecule has 240 valence electrons. The number of hydrogen-bond donors (Lipinski definition) is 2. The zero-order valence-electron chi connectivity index (χ0n) is 28.8. The monoisotopic (exact) mass is 600 g/mol. The molecule has 2 N–H and O–H groups in total. The van der Waals surface area contributed by atoms with Crippen LogP contribution in [0.15, 0.2) is 106 Å². The van der Waals surface area contributed by atoms with Crippen LogP contribution in [0.3, 0.4) is 0 Å². The lowest BCUT2D eigenvalue weighted by molar-refractivity contribution is -0.0688. The van der Waals surface area contributed by atoms with E-state index < -0.39 is 0 Å². The molecule has 0 amide bonds. The average molecular weight is 601 g/mol. The number of rotatable bonds is 8. The Balaban J connectivity index is 1.29. The first-order chi connectivity index (χ1) is 20.4. The molecular weight excluding hydrogens is 544 g/mol. The fraction of sp³-hybridized carbons (Fsp3) is 0.550. The lowest BCUT2D eigenvalue weighted by Gasteiger charge is -2.44. The molecule has 2 aliphatic carbocycles. The highest BCUT2D eigenvalue weighted by Crippen LogP contribution is 2.53. The molecule has 0 aromatic rings. The first-order valence-corrected chi connectivity index (χ1v) is 16.3. The van der Waals surface area contributed by atoms with E-state index in [-0.39, 0.29) is 46.4 Å². The molecule has 4 nitrogen and oxygen atoms in total. The molecule has 0 radical (unpaired) electrons. The van der Waals surface area contributed by atoms with Crippen LogP contribution < -0.4 is 0 Å². The second-order valence-corrected chi connectivity index (χ2v) is 15.3. The largest absolute Gasteiger partial charge is 0.393 e. The van der Waals surface area contributed by atoms with Crippen molar-refractivity contribution >= 4 is 0 Å². The maximum Gasteiger partial charge on any atom is 0.0982 e. The van der Waals surface area contributed by atoms with Gasteiger partial charge in [-0.15, -0.1) is 0 Å². The molecule has 0 aromatic carbocycles. The van der Waals surface area contributed by atoms with Gasteiger partial charge in [-0.05, 0) is 99.7 Å². The van der Waals surface area contributed by atoms with E-state index in [4.69, 9.17) is 9.47 Å². The number of aliphatic hydroxyl groups is 2. The van der Waals surface area contributed by atoms with Gasteiger partial charge in [0.15, 0.2) is 0 Å². The summed E-state index contributed by atoms with van der Waals surface area (Å²) in [4.78, 5) is 0. The number of hydrogen-bond acceptors (Lipinski definition) is 4. The molecule has 2 heterocycles. The highest BCUT2D eigenvalue weighted by molar-refractivity contribution is 5.39. The molecule has 2 aliphatic heterocycles. The van der Waals surface area contributed by atoms with Gasteiger partial charge in [0.25, 0.3) is 0 Å². The van der Waals surface area contributed by atoms with Crippen molar-refractivity contribution in [1.29, 1.82) is 0 Å². The van der Waals surface area contributed by atoms with Gasteiger partial charge < -0.3 is 19.7 Å². The summed E-state index contributed by atoms with van der Waals surface area (Å²) in [7, 11) is 0. The summed E-state index contributed by atoms with van der Waals surface area (Å²) in [6.07, 6.45) is 27.7. The van der Waals surface area contributed by atoms with Crippen LogP contribution in [0.25, 0.3) is 0 Å². The molecule has 0 spiro atoms. The van der Waals surface area contributed by atoms with Crippen LogP contribution >= 0.6 is 0 Å². The fourth-order valence-corrected chi connectivity index (χ4v) is 7.92. The van der Waals surface area contributed by atoms with Crippen LogP contribution in [-0.4, -0.2) is 45.8 Å². The van der Waals surface area contributed by atoms with Crippen LogP contribution in [0.1, 0.15) is 94.9 Å². The van der Waals surface area contributed by atoms with Gasteiger partial charge in [0.1, 0.15) is 0 Å². The van der Waals surface area contributed by atoms with E-state index >= 15 is 0 Å². The summed E-state index contributed by atoms with van der Waals surface area (Å²) in [6, 6.07) is 0. The van der Waals surface area contributed by atoms with Crippen molar-refractivity contribution in [2.75, 3.05) is 0 Å². The molecule has 0 unspecified atom stereocenters. The number of ether oxygens (including phenoxy) is 2. The number of allylic oxidation sites excluding steroid dienone is 12. The predicted octanol–water partition coefficient (Wildman–Crippen LogP) is 8.97. The van der Waals surface area contributed by atoms with Crippen molar-refractivity contribution in [1.82, 2.24) is 0 Å². The van der Waals surface area contributed by atoms with Crippen molar-refractivity contribution in [3.63, 3.8) is 0 Å². The van der Waals surface area contributed by atoms with Gasteiger partial charge in [0.05, 0.1) is 35.6 Å². The fourth-order valence-electron chi connectivity index (χ4n) is 7.92. The third kappa shape index (κ3) is 7.83. The first-order valence-electron chi connectivity index (χ1n) is 16.3. The summed E-state index contributed by atoms with van der Waals surface area (Å²) >= 11 is 0. The molecule has 2 saturated carbocycles. The minimum absolute atomic E-state index is 0.0509. The van der Waals surface area contributed by atoms with Crippen LogP contribution in [0.5, 0.6) is 0 Å². The summed E-state index contributed by atoms with van der Waals surface area (Å²) in [5.74, 6) is 0. The third-order valence-corrected chi connectivity index (χ3v) is 9.91. The number of fused-ring (bicyclic) bond motifs is 2. The summed E-state index contributed by atoms with van der Waals surface area (Å²) < 4.78 is 12.9. The Labute approximate surface area is 267 Å². The highest BCUT2D eigenvalue weighted by Gasteiger charge is 2.51. The second-order valence-electron chi connectivity index (χ2n) is 15.3. The van der Waals surface area contributed by atoms with E-state index in [1.165, 1.54) is 22.3 Å². The molecule has 0 bridgehead atoms. The minimum atomic E-state index is -0.386. The van der Waals surface area contributed by atoms with Crippen LogP contribution in [-0.2, 0) is 9.47 Å². The van der Waals surface area contributed by atoms with E-state index in [0.29, 0.717) is 12.8 Å². The molecule has 44 heavy (non-hydrogen) atoms. The first kappa shape index (κ1) is 34.4. The third-order valence-electron chi connectivity index (χ3n) is 9.91. The van der Waals surface area contributed by atoms with Crippen molar-refractivity contribution in [2.24, 2.45) is 10.8 Å². The zero-order valence-corrected chi connectivity index (χ0v) is 28.8. The summed E-state index contributed by atoms with van der Waals surface area (Å²) in [5.41, 5.74) is 6.43.